The van der Waals surface area contributed by atoms with Crippen LogP contribution in [-0.2, 0) is 0 Å². The molecule has 0 aliphatic carbocycles. The van der Waals surface area contributed by atoms with Crippen molar-refractivity contribution in [2.45, 2.75) is 25.8 Å². The van der Waals surface area contributed by atoms with Gasteiger partial charge in [-0.3, -0.25) is 0 Å². The number of aromatic amines is 1. The summed E-state index contributed by atoms with van der Waals surface area (Å²) in [4.78, 5) is 27.3. The number of hydrogen-bond donors (Lipinski definition) is 4. The number of rotatable bonds is 3. The van der Waals surface area contributed by atoms with Gasteiger partial charge in [0.25, 0.3) is 0 Å². The maximum absolute atomic E-state index is 12.1. The number of aromatic carboxylic acids is 1. The molecule has 0 spiro atoms. The Morgan fingerprint density at radius 3 is 2.95 bits per heavy atom. The van der Waals surface area contributed by atoms with Crippen LogP contribution in [0.4, 0.5) is 10.5 Å². The van der Waals surface area contributed by atoms with Crippen LogP contribution in [0.25, 0.3) is 0 Å². The van der Waals surface area contributed by atoms with E-state index in [1.165, 1.54) is 4.90 Å². The van der Waals surface area contributed by atoms with E-state index in [4.69, 9.17) is 5.11 Å². The number of carbonyl (C=O) groups is 2. The minimum absolute atomic E-state index is 0.0365. The number of urea groups is 1. The molecule has 4 N–H and O–H groups in total. The molecule has 1 atom stereocenters. The van der Waals surface area contributed by atoms with E-state index in [2.05, 4.69) is 10.3 Å². The van der Waals surface area contributed by atoms with Crippen molar-refractivity contribution in [3.63, 3.8) is 0 Å². The SMILES string of the molecule is Cc1cc(NC(=O)N2CCCC2CO)c(C(=O)O)[nH]1. The highest BCUT2D eigenvalue weighted by molar-refractivity contribution is 5.99. The molecule has 19 heavy (non-hydrogen) atoms. The summed E-state index contributed by atoms with van der Waals surface area (Å²) in [5.74, 6) is -1.12. The van der Waals surface area contributed by atoms with Gasteiger partial charge >= 0.3 is 12.0 Å². The molecule has 1 aliphatic rings. The van der Waals surface area contributed by atoms with Gasteiger partial charge in [-0.2, -0.15) is 0 Å². The molecular weight excluding hydrogens is 250 g/mol. The highest BCUT2D eigenvalue weighted by atomic mass is 16.4. The number of aryl methyl sites for hydroxylation is 1. The minimum atomic E-state index is -1.12. The molecular formula is C12H17N3O4. The standard InChI is InChI=1S/C12H17N3O4/c1-7-5-9(10(13-7)11(17)18)14-12(19)15-4-2-3-8(15)6-16/h5,8,13,16H,2-4,6H2,1H3,(H,14,19)(H,17,18). The van der Waals surface area contributed by atoms with Gasteiger partial charge in [0, 0.05) is 12.2 Å². The number of amides is 2. The molecule has 2 amide bonds. The second-order valence-corrected chi connectivity index (χ2v) is 4.65. The first kappa shape index (κ1) is 13.4. The number of anilines is 1. The molecule has 1 unspecified atom stereocenters. The Kier molecular flexibility index (Phi) is 3.75. The number of aliphatic hydroxyl groups is 1. The smallest absolute Gasteiger partial charge is 0.354 e. The first-order valence-electron chi connectivity index (χ1n) is 6.14. The summed E-state index contributed by atoms with van der Waals surface area (Å²) in [6.07, 6.45) is 1.61. The van der Waals surface area contributed by atoms with Crippen molar-refractivity contribution in [3.8, 4) is 0 Å². The highest BCUT2D eigenvalue weighted by Crippen LogP contribution is 2.21. The van der Waals surface area contributed by atoms with Crippen LogP contribution in [-0.4, -0.2) is 51.3 Å². The van der Waals surface area contributed by atoms with Crippen molar-refractivity contribution in [1.82, 2.24) is 9.88 Å². The van der Waals surface area contributed by atoms with Gasteiger partial charge in [-0.15, -0.1) is 0 Å². The average Bonchev–Trinajstić information content (AvgIpc) is 2.95. The zero-order valence-electron chi connectivity index (χ0n) is 10.6. The fourth-order valence-corrected chi connectivity index (χ4v) is 2.34. The summed E-state index contributed by atoms with van der Waals surface area (Å²) in [5, 5.41) is 20.8. The Balaban J connectivity index is 2.12. The van der Waals surface area contributed by atoms with Gasteiger partial charge in [-0.1, -0.05) is 0 Å². The minimum Gasteiger partial charge on any atom is -0.477 e. The predicted octanol–water partition coefficient (Wildman–Crippen LogP) is 1.01. The fraction of sp³-hybridized carbons (Fsp3) is 0.500. The maximum Gasteiger partial charge on any atom is 0.354 e. The van der Waals surface area contributed by atoms with Crippen LogP contribution in [0.2, 0.25) is 0 Å². The summed E-state index contributed by atoms with van der Waals surface area (Å²) in [6.45, 7) is 2.21. The summed E-state index contributed by atoms with van der Waals surface area (Å²) >= 11 is 0. The second kappa shape index (κ2) is 5.31. The molecule has 1 aliphatic heterocycles. The molecule has 1 aromatic heterocycles. The summed E-state index contributed by atoms with van der Waals surface area (Å²) in [6, 6.07) is 1.01. The number of H-pyrrole nitrogens is 1. The van der Waals surface area contributed by atoms with Crippen LogP contribution in [0.1, 0.15) is 29.0 Å². The third-order valence-electron chi connectivity index (χ3n) is 3.26. The van der Waals surface area contributed by atoms with E-state index in [1.54, 1.807) is 13.0 Å². The van der Waals surface area contributed by atoms with E-state index in [-0.39, 0.29) is 30.1 Å². The quantitative estimate of drug-likeness (QED) is 0.655. The number of aliphatic hydroxyl groups excluding tert-OH is 1. The van der Waals surface area contributed by atoms with Gasteiger partial charge in [0.15, 0.2) is 0 Å². The number of carboxylic acids is 1. The fourth-order valence-electron chi connectivity index (χ4n) is 2.34. The summed E-state index contributed by atoms with van der Waals surface area (Å²) in [5.41, 5.74) is 0.872. The van der Waals surface area contributed by atoms with Gasteiger partial charge in [-0.25, -0.2) is 9.59 Å². The first-order valence-corrected chi connectivity index (χ1v) is 6.14. The number of nitrogens with zero attached hydrogens (tertiary/aromatic N) is 1. The van der Waals surface area contributed by atoms with Gasteiger partial charge in [0.05, 0.1) is 18.3 Å². The van der Waals surface area contributed by atoms with Gasteiger partial charge in [0.2, 0.25) is 0 Å². The molecule has 0 radical (unpaired) electrons. The lowest BCUT2D eigenvalue weighted by Crippen LogP contribution is -2.40. The molecule has 0 aromatic carbocycles. The van der Waals surface area contributed by atoms with Crippen molar-refractivity contribution in [2.24, 2.45) is 0 Å². The maximum atomic E-state index is 12.1. The van der Waals surface area contributed by atoms with E-state index >= 15 is 0 Å². The lowest BCUT2D eigenvalue weighted by molar-refractivity contribution is 0.0692. The molecule has 7 heteroatoms. The topological polar surface area (TPSA) is 106 Å². The summed E-state index contributed by atoms with van der Waals surface area (Å²) < 4.78 is 0. The lowest BCUT2D eigenvalue weighted by atomic mass is 10.2. The van der Waals surface area contributed by atoms with Crippen LogP contribution in [0.3, 0.4) is 0 Å². The molecule has 2 heterocycles. The number of nitrogens with one attached hydrogen (secondary N) is 2. The third-order valence-corrected chi connectivity index (χ3v) is 3.26. The van der Waals surface area contributed by atoms with Crippen LogP contribution >= 0.6 is 0 Å². The zero-order chi connectivity index (χ0) is 14.0. The van der Waals surface area contributed by atoms with E-state index in [0.29, 0.717) is 12.2 Å². The summed E-state index contributed by atoms with van der Waals surface area (Å²) in [7, 11) is 0. The molecule has 7 nitrogen and oxygen atoms in total. The number of carboxylic acid groups (broad SMARTS) is 1. The Morgan fingerprint density at radius 1 is 1.58 bits per heavy atom. The third kappa shape index (κ3) is 2.70. The van der Waals surface area contributed by atoms with Gasteiger partial charge in [-0.05, 0) is 25.8 Å². The van der Waals surface area contributed by atoms with E-state index in [9.17, 15) is 14.7 Å². The number of hydrogen-bond acceptors (Lipinski definition) is 3. The van der Waals surface area contributed by atoms with Crippen LogP contribution in [0.5, 0.6) is 0 Å². The van der Waals surface area contributed by atoms with Crippen LogP contribution < -0.4 is 5.32 Å². The van der Waals surface area contributed by atoms with E-state index in [0.717, 1.165) is 12.8 Å². The van der Waals surface area contributed by atoms with Crippen LogP contribution in [0, 0.1) is 6.92 Å². The van der Waals surface area contributed by atoms with Crippen molar-refractivity contribution in [3.05, 3.63) is 17.5 Å². The Labute approximate surface area is 110 Å². The lowest BCUT2D eigenvalue weighted by Gasteiger charge is -2.23. The van der Waals surface area contributed by atoms with Crippen molar-refractivity contribution in [1.29, 1.82) is 0 Å². The largest absolute Gasteiger partial charge is 0.477 e. The Hall–Kier alpha value is -2.02. The number of likely N-dealkylation sites (tertiary alicyclic amines) is 1. The van der Waals surface area contributed by atoms with Crippen molar-refractivity contribution >= 4 is 17.7 Å². The average molecular weight is 267 g/mol. The normalized spacial score (nSPS) is 18.6. The molecule has 2 rings (SSSR count). The monoisotopic (exact) mass is 267 g/mol. The Morgan fingerprint density at radius 2 is 2.32 bits per heavy atom. The molecule has 0 saturated carbocycles. The zero-order valence-corrected chi connectivity index (χ0v) is 10.6. The predicted molar refractivity (Wildman–Crippen MR) is 68.3 cm³/mol. The van der Waals surface area contributed by atoms with E-state index in [1.807, 2.05) is 0 Å². The van der Waals surface area contributed by atoms with Crippen LogP contribution in [0.15, 0.2) is 6.07 Å². The Bertz CT molecular complexity index is 497. The molecule has 104 valence electrons. The first-order chi connectivity index (χ1) is 9.02. The molecule has 1 saturated heterocycles. The van der Waals surface area contributed by atoms with E-state index < -0.39 is 5.97 Å². The second-order valence-electron chi connectivity index (χ2n) is 4.65. The van der Waals surface area contributed by atoms with Gasteiger partial charge < -0.3 is 25.4 Å². The number of aromatic nitrogens is 1. The van der Waals surface area contributed by atoms with Crippen molar-refractivity contribution in [2.75, 3.05) is 18.5 Å². The van der Waals surface area contributed by atoms with Crippen molar-refractivity contribution < 1.29 is 19.8 Å². The molecule has 0 bridgehead atoms. The number of carbonyl (C=O) groups excluding carboxylic acids is 1. The molecule has 1 aromatic rings. The molecule has 1 fully saturated rings. The highest BCUT2D eigenvalue weighted by Gasteiger charge is 2.29. The van der Waals surface area contributed by atoms with Gasteiger partial charge in [0.1, 0.15) is 5.69 Å².